The van der Waals surface area contributed by atoms with Crippen LogP contribution < -0.4 is 0 Å². The van der Waals surface area contributed by atoms with Gasteiger partial charge in [-0.25, -0.2) is 0 Å². The Morgan fingerprint density at radius 1 is 1.00 bits per heavy atom. The monoisotopic (exact) mass is 271 g/mol. The van der Waals surface area contributed by atoms with Crippen molar-refractivity contribution in [2.75, 3.05) is 0 Å². The summed E-state index contributed by atoms with van der Waals surface area (Å²) in [5.74, 6) is 0. The van der Waals surface area contributed by atoms with Crippen LogP contribution in [0.5, 0.6) is 0 Å². The van der Waals surface area contributed by atoms with Crippen LogP contribution in [0.2, 0.25) is 0 Å². The fourth-order valence-corrected chi connectivity index (χ4v) is 0. The summed E-state index contributed by atoms with van der Waals surface area (Å²) in [5.41, 5.74) is 0. The van der Waals surface area contributed by atoms with Crippen molar-refractivity contribution in [2.24, 2.45) is 0 Å². The molecular formula is H3BCoFeNd. The molecule has 0 spiro atoms. The third kappa shape index (κ3) is 8.82. The van der Waals surface area contributed by atoms with Crippen molar-refractivity contribution in [3.05, 3.63) is 0 Å². The zero-order valence-corrected chi connectivity index (χ0v) is 6.54. The molecule has 0 amide bonds. The fraction of sp³-hybridized carbons (Fsp3) is 0. The third-order valence-electron chi connectivity index (χ3n) is 0. The molecule has 0 fully saturated rings. The second-order valence-electron chi connectivity index (χ2n) is 0. The van der Waals surface area contributed by atoms with Gasteiger partial charge in [0.25, 0.3) is 0 Å². The maximum atomic E-state index is 0. The zero-order valence-electron chi connectivity index (χ0n) is 1.19. The second-order valence-corrected chi connectivity index (χ2v) is 0. The van der Waals surface area contributed by atoms with Gasteiger partial charge in [0.05, 0.1) is 8.41 Å². The first-order valence-corrected chi connectivity index (χ1v) is 0. The summed E-state index contributed by atoms with van der Waals surface area (Å²) in [6, 6.07) is 0. The van der Waals surface area contributed by atoms with E-state index in [0.29, 0.717) is 0 Å². The molecule has 27 valence electrons. The van der Waals surface area contributed by atoms with E-state index in [4.69, 9.17) is 0 Å². The maximum absolute atomic E-state index is 0. The Morgan fingerprint density at radius 2 is 1.00 bits per heavy atom. The molecule has 0 aromatic heterocycles. The minimum absolute atomic E-state index is 0. The Hall–Kier alpha value is 2.44. The first-order chi connectivity index (χ1) is 0. The van der Waals surface area contributed by atoms with Crippen molar-refractivity contribution in [1.29, 1.82) is 0 Å². The predicted octanol–water partition coefficient (Wildman–Crippen LogP) is -1.19. The summed E-state index contributed by atoms with van der Waals surface area (Å²) in [5, 5.41) is 0. The fourth-order valence-electron chi connectivity index (χ4n) is 0. The van der Waals surface area contributed by atoms with Crippen LogP contribution in [-0.4, -0.2) is 8.41 Å². The Kier molecular flexibility index (Phi) is 144. The number of hydrogen-bond acceptors (Lipinski definition) is 0. The molecule has 0 aromatic carbocycles. The minimum Gasteiger partial charge on any atom is 0 e. The maximum Gasteiger partial charge on any atom is 0.0814 e. The van der Waals surface area contributed by atoms with Crippen molar-refractivity contribution in [3.8, 4) is 0 Å². The van der Waals surface area contributed by atoms with E-state index in [9.17, 15) is 0 Å². The van der Waals surface area contributed by atoms with Gasteiger partial charge in [-0.2, -0.15) is 0 Å². The standard InChI is InChI=1S/BH3.Co.Fe.Nd/h1H3;;;. The first-order valence-electron chi connectivity index (χ1n) is 0. The summed E-state index contributed by atoms with van der Waals surface area (Å²) in [6.45, 7) is 0. The van der Waals surface area contributed by atoms with Gasteiger partial charge in [0.2, 0.25) is 0 Å². The quantitative estimate of drug-likeness (QED) is 0.487. The predicted molar refractivity (Wildman–Crippen MR) is 9.94 cm³/mol. The topological polar surface area (TPSA) is 0 Å². The molecule has 4 heteroatoms. The molecule has 0 nitrogen and oxygen atoms in total. The number of hydrogen-bond donors (Lipinski definition) is 0. The molecule has 0 aliphatic heterocycles. The number of rotatable bonds is 0. The van der Waals surface area contributed by atoms with Crippen LogP contribution in [0.4, 0.5) is 0 Å². The third-order valence-corrected chi connectivity index (χ3v) is 0. The summed E-state index contributed by atoms with van der Waals surface area (Å²) in [7, 11) is 0. The minimum atomic E-state index is 0. The largest absolute Gasteiger partial charge is 0.0814 e. The Morgan fingerprint density at radius 3 is 1.00 bits per heavy atom. The van der Waals surface area contributed by atoms with Crippen LogP contribution in [0.1, 0.15) is 0 Å². The van der Waals surface area contributed by atoms with Crippen LogP contribution in [0.3, 0.4) is 0 Å². The van der Waals surface area contributed by atoms with E-state index in [1.54, 1.807) is 0 Å². The molecule has 0 N–H and O–H groups in total. The van der Waals surface area contributed by atoms with Crippen molar-refractivity contribution in [3.63, 3.8) is 0 Å². The average Bonchev–Trinajstić information content (AvgIpc) is 0. The van der Waals surface area contributed by atoms with Gasteiger partial charge in [0.15, 0.2) is 0 Å². The van der Waals surface area contributed by atoms with Crippen molar-refractivity contribution in [1.82, 2.24) is 0 Å². The molecule has 0 heterocycles. The van der Waals surface area contributed by atoms with Gasteiger partial charge in [-0.15, -0.1) is 0 Å². The van der Waals surface area contributed by atoms with Crippen molar-refractivity contribution in [2.45, 2.75) is 0 Å². The Bertz CT molecular complexity index is 8.00. The first kappa shape index (κ1) is 32.0. The molecule has 0 aromatic rings. The van der Waals surface area contributed by atoms with E-state index >= 15 is 0 Å². The smallest absolute Gasteiger partial charge is 0 e. The van der Waals surface area contributed by atoms with E-state index in [1.165, 1.54) is 0 Å². The molecule has 0 aliphatic rings. The molecule has 4 heavy (non-hydrogen) atoms. The molecule has 0 saturated carbocycles. The zero-order chi connectivity index (χ0) is 0. The van der Waals surface area contributed by atoms with E-state index in [2.05, 4.69) is 0 Å². The summed E-state index contributed by atoms with van der Waals surface area (Å²) >= 11 is 0. The van der Waals surface area contributed by atoms with Gasteiger partial charge in [-0.3, -0.25) is 0 Å². The molecule has 0 atom stereocenters. The van der Waals surface area contributed by atoms with E-state index in [-0.39, 0.29) is 83.1 Å². The van der Waals surface area contributed by atoms with Crippen LogP contribution in [0.15, 0.2) is 0 Å². The second kappa shape index (κ2) is 18.0. The van der Waals surface area contributed by atoms with E-state index in [1.807, 2.05) is 0 Å². The van der Waals surface area contributed by atoms with Crippen LogP contribution in [0.25, 0.3) is 0 Å². The molecule has 1 radical (unpaired) electrons. The van der Waals surface area contributed by atoms with Crippen LogP contribution >= 0.6 is 0 Å². The van der Waals surface area contributed by atoms with E-state index in [0.717, 1.165) is 0 Å². The summed E-state index contributed by atoms with van der Waals surface area (Å²) in [6.07, 6.45) is 0. The van der Waals surface area contributed by atoms with Crippen molar-refractivity contribution >= 4 is 8.41 Å². The van der Waals surface area contributed by atoms with Gasteiger partial charge >= 0.3 is 0 Å². The average molecular weight is 273 g/mol. The van der Waals surface area contributed by atoms with Gasteiger partial charge in [0, 0.05) is 74.7 Å². The SMILES string of the molecule is B.[Co].[Fe].[Nd]. The Labute approximate surface area is 81.6 Å². The van der Waals surface area contributed by atoms with E-state index < -0.39 is 0 Å². The van der Waals surface area contributed by atoms with Gasteiger partial charge in [-0.1, -0.05) is 0 Å². The molecule has 0 saturated heterocycles. The molecule has 0 bridgehead atoms. The van der Waals surface area contributed by atoms with Crippen LogP contribution in [0, 0.1) is 40.8 Å². The molecule has 0 rings (SSSR count). The molecule has 0 aliphatic carbocycles. The summed E-state index contributed by atoms with van der Waals surface area (Å²) in [4.78, 5) is 0. The summed E-state index contributed by atoms with van der Waals surface area (Å²) < 4.78 is 0. The molecular weight excluding hydrogens is 270 g/mol. The van der Waals surface area contributed by atoms with Crippen LogP contribution in [-0.2, 0) is 33.8 Å². The van der Waals surface area contributed by atoms with Gasteiger partial charge in [-0.05, 0) is 0 Å². The normalized spacial score (nSPS) is 0. The van der Waals surface area contributed by atoms with Gasteiger partial charge in [0.1, 0.15) is 0 Å². The van der Waals surface area contributed by atoms with Crippen molar-refractivity contribution < 1.29 is 74.7 Å². The Balaban J connectivity index is 0. The van der Waals surface area contributed by atoms with Gasteiger partial charge < -0.3 is 0 Å². The molecule has 0 unspecified atom stereocenters.